The average molecular weight is 385 g/mol. The van der Waals surface area contributed by atoms with Crippen LogP contribution in [0.15, 0.2) is 24.8 Å². The third-order valence-corrected chi connectivity index (χ3v) is 8.73. The van der Waals surface area contributed by atoms with Crippen LogP contribution in [0, 0.1) is 11.8 Å². The van der Waals surface area contributed by atoms with Crippen LogP contribution in [0.2, 0.25) is 25.2 Å². The third kappa shape index (κ3) is 14.7. The summed E-state index contributed by atoms with van der Waals surface area (Å²) in [6.07, 6.45) is 15.6. The van der Waals surface area contributed by atoms with Gasteiger partial charge in [0.25, 0.3) is 0 Å². The van der Waals surface area contributed by atoms with Gasteiger partial charge in [0.1, 0.15) is 0 Å². The van der Waals surface area contributed by atoms with Gasteiger partial charge in [-0.15, -0.1) is 6.58 Å². The molecule has 2 unspecified atom stereocenters. The molecule has 154 valence electrons. The van der Waals surface area contributed by atoms with Crippen LogP contribution in [-0.2, 0) is 4.74 Å². The molecule has 0 saturated heterocycles. The highest BCUT2D eigenvalue weighted by Crippen LogP contribution is 2.28. The predicted octanol–water partition coefficient (Wildman–Crippen LogP) is 5.42. The molecule has 26 heavy (non-hydrogen) atoms. The quantitative estimate of drug-likeness (QED) is 0.188. The molecule has 0 radical (unpaired) electrons. The molecule has 0 fully saturated rings. The Morgan fingerprint density at radius 2 is 1.69 bits per heavy atom. The second kappa shape index (κ2) is 16.7. The summed E-state index contributed by atoms with van der Waals surface area (Å²) in [6, 6.07) is 2.77. The summed E-state index contributed by atoms with van der Waals surface area (Å²) in [4.78, 5) is 0. The molecule has 0 rings (SSSR count). The molecular weight excluding hydrogens is 340 g/mol. The topological polar surface area (TPSA) is 49.7 Å². The molecule has 0 aromatic heterocycles. The maximum Gasteiger partial charge on any atom is 0.0612 e. The van der Waals surface area contributed by atoms with Crippen LogP contribution in [0.5, 0.6) is 0 Å². The maximum absolute atomic E-state index is 9.47. The van der Waals surface area contributed by atoms with Gasteiger partial charge in [-0.25, -0.2) is 0 Å². The monoisotopic (exact) mass is 384 g/mol. The fourth-order valence-corrected chi connectivity index (χ4v) is 6.12. The smallest absolute Gasteiger partial charge is 0.0612 e. The van der Waals surface area contributed by atoms with Gasteiger partial charge in [0.05, 0.1) is 6.61 Å². The number of allylic oxidation sites excluding steroid dienone is 1. The number of methoxy groups -OCH3 is 1. The van der Waals surface area contributed by atoms with E-state index < -0.39 is 8.07 Å². The predicted molar refractivity (Wildman–Crippen MR) is 116 cm³/mol. The van der Waals surface area contributed by atoms with Crippen molar-refractivity contribution in [2.45, 2.75) is 76.5 Å². The number of ether oxygens (including phenoxy) is 1. The molecular formula is C22H44O3Si. The molecule has 4 heteroatoms. The number of aliphatic hydroxyl groups excluding tert-OH is 2. The zero-order valence-electron chi connectivity index (χ0n) is 17.6. The minimum absolute atomic E-state index is 0.113. The summed E-state index contributed by atoms with van der Waals surface area (Å²) in [7, 11) is 0.630. The van der Waals surface area contributed by atoms with E-state index in [0.29, 0.717) is 5.92 Å². The zero-order valence-corrected chi connectivity index (χ0v) is 18.6. The molecule has 0 bridgehead atoms. The Hall–Kier alpha value is -0.423. The lowest BCUT2D eigenvalue weighted by Gasteiger charge is -2.26. The lowest BCUT2D eigenvalue weighted by atomic mass is 9.90. The van der Waals surface area contributed by atoms with Gasteiger partial charge >= 0.3 is 0 Å². The van der Waals surface area contributed by atoms with Gasteiger partial charge in [-0.05, 0) is 31.1 Å². The number of aliphatic hydroxyl groups is 2. The summed E-state index contributed by atoms with van der Waals surface area (Å²) in [5, 5.41) is 18.4. The third-order valence-electron chi connectivity index (χ3n) is 5.38. The molecule has 0 spiro atoms. The lowest BCUT2D eigenvalue weighted by Crippen LogP contribution is -2.26. The number of hydrogen-bond acceptors (Lipinski definition) is 3. The van der Waals surface area contributed by atoms with Crippen molar-refractivity contribution in [3.05, 3.63) is 24.8 Å². The van der Waals surface area contributed by atoms with Crippen LogP contribution in [-0.4, -0.2) is 45.2 Å². The first kappa shape index (κ1) is 25.6. The van der Waals surface area contributed by atoms with Gasteiger partial charge in [0.2, 0.25) is 0 Å². The van der Waals surface area contributed by atoms with Crippen LogP contribution in [0.4, 0.5) is 0 Å². The lowest BCUT2D eigenvalue weighted by molar-refractivity contribution is 0.192. The average Bonchev–Trinajstić information content (AvgIpc) is 2.63. The van der Waals surface area contributed by atoms with E-state index >= 15 is 0 Å². The van der Waals surface area contributed by atoms with E-state index in [4.69, 9.17) is 9.84 Å². The second-order valence-electron chi connectivity index (χ2n) is 8.38. The van der Waals surface area contributed by atoms with Crippen LogP contribution in [0.1, 0.15) is 51.4 Å². The number of rotatable bonds is 18. The van der Waals surface area contributed by atoms with Gasteiger partial charge in [0, 0.05) is 28.4 Å². The zero-order chi connectivity index (χ0) is 19.7. The molecule has 0 saturated carbocycles. The van der Waals surface area contributed by atoms with Crippen molar-refractivity contribution in [1.29, 1.82) is 0 Å². The molecule has 2 atom stereocenters. The Morgan fingerprint density at radius 1 is 1.00 bits per heavy atom. The van der Waals surface area contributed by atoms with Gasteiger partial charge in [0.15, 0.2) is 0 Å². The van der Waals surface area contributed by atoms with Crippen molar-refractivity contribution in [2.24, 2.45) is 11.8 Å². The Labute approximate surface area is 163 Å². The molecule has 0 aliphatic rings. The van der Waals surface area contributed by atoms with Gasteiger partial charge in [-0.1, -0.05) is 75.5 Å². The fourth-order valence-electron chi connectivity index (χ4n) is 3.47. The van der Waals surface area contributed by atoms with Gasteiger partial charge in [-0.3, -0.25) is 0 Å². The SMILES string of the molecule is C=CC(CO)CC(C/C=C/CO)CC[Si](C)(C)CCCCCCCOC. The van der Waals surface area contributed by atoms with E-state index in [9.17, 15) is 5.11 Å². The van der Waals surface area contributed by atoms with Crippen molar-refractivity contribution < 1.29 is 14.9 Å². The summed E-state index contributed by atoms with van der Waals surface area (Å²) < 4.78 is 5.10. The van der Waals surface area contributed by atoms with E-state index in [2.05, 4.69) is 25.7 Å². The van der Waals surface area contributed by atoms with E-state index in [1.807, 2.05) is 12.2 Å². The highest BCUT2D eigenvalue weighted by Gasteiger charge is 2.22. The van der Waals surface area contributed by atoms with Crippen molar-refractivity contribution in [3.8, 4) is 0 Å². The first-order valence-electron chi connectivity index (χ1n) is 10.5. The highest BCUT2D eigenvalue weighted by molar-refractivity contribution is 6.77. The summed E-state index contributed by atoms with van der Waals surface area (Å²) in [6.45, 7) is 10.1. The van der Waals surface area contributed by atoms with Crippen molar-refractivity contribution >= 4 is 8.07 Å². The molecule has 0 aliphatic carbocycles. The van der Waals surface area contributed by atoms with Crippen LogP contribution in [0.3, 0.4) is 0 Å². The van der Waals surface area contributed by atoms with E-state index in [-0.39, 0.29) is 19.1 Å². The molecule has 0 heterocycles. The normalized spacial score (nSPS) is 14.7. The number of hydrogen-bond donors (Lipinski definition) is 2. The minimum atomic E-state index is -1.15. The Morgan fingerprint density at radius 3 is 2.31 bits per heavy atom. The largest absolute Gasteiger partial charge is 0.396 e. The Kier molecular flexibility index (Phi) is 16.5. The van der Waals surface area contributed by atoms with Crippen LogP contribution in [0.25, 0.3) is 0 Å². The molecule has 0 aromatic rings. The van der Waals surface area contributed by atoms with Crippen molar-refractivity contribution in [1.82, 2.24) is 0 Å². The van der Waals surface area contributed by atoms with Crippen LogP contribution >= 0.6 is 0 Å². The fraction of sp³-hybridized carbons (Fsp3) is 0.818. The van der Waals surface area contributed by atoms with Crippen molar-refractivity contribution in [2.75, 3.05) is 26.9 Å². The summed E-state index contributed by atoms with van der Waals surface area (Å²) in [5.41, 5.74) is 0. The molecule has 0 aliphatic heterocycles. The van der Waals surface area contributed by atoms with Crippen molar-refractivity contribution in [3.63, 3.8) is 0 Å². The standard InChI is InChI=1S/C22H44O3Si/c1-5-21(20-24)19-22(13-9-10-15-23)14-18-26(3,4)17-12-8-6-7-11-16-25-2/h5,9-10,21-24H,1,6-8,11-20H2,2-4H3/b10-9+. The van der Waals surface area contributed by atoms with E-state index in [1.165, 1.54) is 50.6 Å². The van der Waals surface area contributed by atoms with Gasteiger partial charge < -0.3 is 14.9 Å². The molecule has 2 N–H and O–H groups in total. The van der Waals surface area contributed by atoms with Crippen LogP contribution < -0.4 is 0 Å². The Bertz CT molecular complexity index is 355. The van der Waals surface area contributed by atoms with E-state index in [1.54, 1.807) is 7.11 Å². The first-order valence-corrected chi connectivity index (χ1v) is 13.9. The molecule has 3 nitrogen and oxygen atoms in total. The minimum Gasteiger partial charge on any atom is -0.396 e. The first-order chi connectivity index (χ1) is 12.5. The van der Waals surface area contributed by atoms with E-state index in [0.717, 1.165) is 19.4 Å². The molecule has 0 aromatic carbocycles. The summed E-state index contributed by atoms with van der Waals surface area (Å²) in [5.74, 6) is 0.771. The maximum atomic E-state index is 9.47. The Balaban J connectivity index is 4.21. The summed E-state index contributed by atoms with van der Waals surface area (Å²) >= 11 is 0. The van der Waals surface area contributed by atoms with Gasteiger partial charge in [-0.2, -0.15) is 0 Å². The second-order valence-corrected chi connectivity index (χ2v) is 13.7. The highest BCUT2D eigenvalue weighted by atomic mass is 28.3. The number of unbranched alkanes of at least 4 members (excludes halogenated alkanes) is 4. The molecule has 0 amide bonds.